The third-order valence-electron chi connectivity index (χ3n) is 2.91. The van der Waals surface area contributed by atoms with Crippen LogP contribution in [-0.2, 0) is 13.7 Å². The van der Waals surface area contributed by atoms with Crippen LogP contribution in [0.1, 0.15) is 27.3 Å². The van der Waals surface area contributed by atoms with Gasteiger partial charge in [0, 0.05) is 7.05 Å². The zero-order chi connectivity index (χ0) is 14.0. The number of aromatic nitrogens is 2. The molecule has 0 fully saturated rings. The predicted octanol–water partition coefficient (Wildman–Crippen LogP) is 2.31. The molecule has 0 aliphatic heterocycles. The molecular formula is C14H16N2O3. The minimum absolute atomic E-state index is 0.295. The summed E-state index contributed by atoms with van der Waals surface area (Å²) in [5.41, 5.74) is 2.89. The number of benzene rings is 1. The van der Waals surface area contributed by atoms with Crippen LogP contribution in [0.15, 0.2) is 24.3 Å². The zero-order valence-electron chi connectivity index (χ0n) is 11.2. The molecule has 1 N–H and O–H groups in total. The van der Waals surface area contributed by atoms with Crippen LogP contribution in [0.3, 0.4) is 0 Å². The molecule has 0 unspecified atom stereocenters. The summed E-state index contributed by atoms with van der Waals surface area (Å²) in [5.74, 6) is -0.271. The molecule has 1 aromatic carbocycles. The van der Waals surface area contributed by atoms with Crippen LogP contribution in [0.2, 0.25) is 0 Å². The molecule has 0 bridgehead atoms. The number of nitrogens with zero attached hydrogens (tertiary/aromatic N) is 2. The first-order chi connectivity index (χ1) is 8.97. The number of aryl methyl sites for hydroxylation is 3. The van der Waals surface area contributed by atoms with Crippen molar-refractivity contribution in [3.8, 4) is 5.75 Å². The fourth-order valence-electron chi connectivity index (χ4n) is 1.92. The van der Waals surface area contributed by atoms with Crippen molar-refractivity contribution in [3.05, 3.63) is 46.8 Å². The number of hydrogen-bond donors (Lipinski definition) is 1. The van der Waals surface area contributed by atoms with Gasteiger partial charge in [-0.15, -0.1) is 0 Å². The minimum atomic E-state index is -0.925. The highest BCUT2D eigenvalue weighted by Crippen LogP contribution is 2.18. The zero-order valence-corrected chi connectivity index (χ0v) is 11.2. The van der Waals surface area contributed by atoms with E-state index >= 15 is 0 Å². The highest BCUT2D eigenvalue weighted by molar-refractivity contribution is 5.89. The Labute approximate surface area is 111 Å². The molecule has 0 atom stereocenters. The van der Waals surface area contributed by atoms with E-state index in [1.165, 1.54) is 0 Å². The molecule has 5 nitrogen and oxygen atoms in total. The highest BCUT2D eigenvalue weighted by atomic mass is 16.5. The van der Waals surface area contributed by atoms with Gasteiger partial charge in [0.1, 0.15) is 12.4 Å². The first kappa shape index (κ1) is 13.1. The second kappa shape index (κ2) is 5.14. The Morgan fingerprint density at radius 2 is 2.11 bits per heavy atom. The standard InChI is InChI=1S/C14H16N2O3/c1-9-6-12(4-5-13(9)14(17)18)19-8-11-7-10(2)15-16(11)3/h4-7H,8H2,1-3H3,(H,17,18). The number of carboxylic acid groups (broad SMARTS) is 1. The molecule has 0 saturated carbocycles. The highest BCUT2D eigenvalue weighted by Gasteiger charge is 2.08. The van der Waals surface area contributed by atoms with Gasteiger partial charge in [-0.25, -0.2) is 4.79 Å². The van der Waals surface area contributed by atoms with E-state index in [4.69, 9.17) is 9.84 Å². The lowest BCUT2D eigenvalue weighted by atomic mass is 10.1. The van der Waals surface area contributed by atoms with Gasteiger partial charge < -0.3 is 9.84 Å². The van der Waals surface area contributed by atoms with Crippen molar-refractivity contribution in [2.75, 3.05) is 0 Å². The first-order valence-electron chi connectivity index (χ1n) is 5.93. The second-order valence-electron chi connectivity index (χ2n) is 4.47. The number of carbonyl (C=O) groups is 1. The van der Waals surface area contributed by atoms with Crippen molar-refractivity contribution < 1.29 is 14.6 Å². The molecule has 0 amide bonds. The normalized spacial score (nSPS) is 10.5. The lowest BCUT2D eigenvalue weighted by molar-refractivity contribution is 0.0696. The van der Waals surface area contributed by atoms with E-state index < -0.39 is 5.97 Å². The topological polar surface area (TPSA) is 64.3 Å². The van der Waals surface area contributed by atoms with Gasteiger partial charge in [0.2, 0.25) is 0 Å². The predicted molar refractivity (Wildman–Crippen MR) is 70.4 cm³/mol. The summed E-state index contributed by atoms with van der Waals surface area (Å²) < 4.78 is 7.42. The molecule has 2 aromatic rings. The van der Waals surface area contributed by atoms with E-state index in [1.807, 2.05) is 20.0 Å². The van der Waals surface area contributed by atoms with Gasteiger partial charge in [0.05, 0.1) is 17.0 Å². The lowest BCUT2D eigenvalue weighted by Crippen LogP contribution is -2.04. The van der Waals surface area contributed by atoms with Crippen LogP contribution in [-0.4, -0.2) is 20.9 Å². The second-order valence-corrected chi connectivity index (χ2v) is 4.47. The van der Waals surface area contributed by atoms with Gasteiger partial charge in [-0.05, 0) is 43.7 Å². The van der Waals surface area contributed by atoms with E-state index in [0.717, 1.165) is 11.4 Å². The third-order valence-corrected chi connectivity index (χ3v) is 2.91. The van der Waals surface area contributed by atoms with Crippen LogP contribution in [0.5, 0.6) is 5.75 Å². The monoisotopic (exact) mass is 260 g/mol. The molecule has 1 aromatic heterocycles. The SMILES string of the molecule is Cc1cc(COc2ccc(C(=O)O)c(C)c2)n(C)n1. The summed E-state index contributed by atoms with van der Waals surface area (Å²) in [6, 6.07) is 6.91. The van der Waals surface area contributed by atoms with Gasteiger partial charge in [-0.3, -0.25) is 4.68 Å². The molecule has 0 aliphatic carbocycles. The van der Waals surface area contributed by atoms with Gasteiger partial charge >= 0.3 is 5.97 Å². The van der Waals surface area contributed by atoms with Gasteiger partial charge in [0.15, 0.2) is 0 Å². The number of carboxylic acids is 1. The quantitative estimate of drug-likeness (QED) is 0.916. The number of ether oxygens (including phenoxy) is 1. The van der Waals surface area contributed by atoms with E-state index in [-0.39, 0.29) is 0 Å². The maximum absolute atomic E-state index is 10.9. The molecule has 100 valence electrons. The number of hydrogen-bond acceptors (Lipinski definition) is 3. The summed E-state index contributed by atoms with van der Waals surface area (Å²) in [6.45, 7) is 4.09. The molecule has 19 heavy (non-hydrogen) atoms. The molecule has 0 aliphatic rings. The summed E-state index contributed by atoms with van der Waals surface area (Å²) >= 11 is 0. The van der Waals surface area contributed by atoms with Crippen molar-refractivity contribution in [1.29, 1.82) is 0 Å². The van der Waals surface area contributed by atoms with Crippen LogP contribution in [0.25, 0.3) is 0 Å². The number of aromatic carboxylic acids is 1. The fraction of sp³-hybridized carbons (Fsp3) is 0.286. The van der Waals surface area contributed by atoms with Crippen molar-refractivity contribution >= 4 is 5.97 Å². The van der Waals surface area contributed by atoms with Crippen molar-refractivity contribution in [2.45, 2.75) is 20.5 Å². The van der Waals surface area contributed by atoms with Crippen LogP contribution < -0.4 is 4.74 Å². The summed E-state index contributed by atoms with van der Waals surface area (Å²) in [4.78, 5) is 10.9. The first-order valence-corrected chi connectivity index (χ1v) is 5.93. The largest absolute Gasteiger partial charge is 0.487 e. The smallest absolute Gasteiger partial charge is 0.335 e. The Bertz CT molecular complexity index is 617. The molecule has 1 heterocycles. The van der Waals surface area contributed by atoms with Crippen molar-refractivity contribution in [3.63, 3.8) is 0 Å². The Balaban J connectivity index is 2.10. The average molecular weight is 260 g/mol. The minimum Gasteiger partial charge on any atom is -0.487 e. The van der Waals surface area contributed by atoms with Crippen LogP contribution >= 0.6 is 0 Å². The fourth-order valence-corrected chi connectivity index (χ4v) is 1.92. The van der Waals surface area contributed by atoms with Gasteiger partial charge in [-0.1, -0.05) is 0 Å². The maximum atomic E-state index is 10.9. The van der Waals surface area contributed by atoms with E-state index in [1.54, 1.807) is 29.8 Å². The summed E-state index contributed by atoms with van der Waals surface area (Å²) in [6.07, 6.45) is 0. The Morgan fingerprint density at radius 3 is 2.63 bits per heavy atom. The Morgan fingerprint density at radius 1 is 1.37 bits per heavy atom. The summed E-state index contributed by atoms with van der Waals surface area (Å²) in [7, 11) is 1.87. The van der Waals surface area contributed by atoms with Gasteiger partial charge in [0.25, 0.3) is 0 Å². The van der Waals surface area contributed by atoms with Crippen LogP contribution in [0, 0.1) is 13.8 Å². The maximum Gasteiger partial charge on any atom is 0.335 e. The van der Waals surface area contributed by atoms with Gasteiger partial charge in [-0.2, -0.15) is 5.10 Å². The van der Waals surface area contributed by atoms with E-state index in [2.05, 4.69) is 5.10 Å². The Hall–Kier alpha value is -2.30. The van der Waals surface area contributed by atoms with Crippen LogP contribution in [0.4, 0.5) is 0 Å². The third kappa shape index (κ3) is 2.93. The summed E-state index contributed by atoms with van der Waals surface area (Å²) in [5, 5.41) is 13.2. The molecular weight excluding hydrogens is 244 g/mol. The molecule has 0 saturated heterocycles. The molecule has 5 heteroatoms. The molecule has 2 rings (SSSR count). The van der Waals surface area contributed by atoms with Crippen molar-refractivity contribution in [1.82, 2.24) is 9.78 Å². The Kier molecular flexibility index (Phi) is 3.55. The average Bonchev–Trinajstić information content (AvgIpc) is 2.65. The number of rotatable bonds is 4. The van der Waals surface area contributed by atoms with E-state index in [9.17, 15) is 4.79 Å². The van der Waals surface area contributed by atoms with Crippen molar-refractivity contribution in [2.24, 2.45) is 7.05 Å². The molecule has 0 spiro atoms. The lowest BCUT2D eigenvalue weighted by Gasteiger charge is -2.08. The van der Waals surface area contributed by atoms with E-state index in [0.29, 0.717) is 23.5 Å². The molecule has 0 radical (unpaired) electrons.